The van der Waals surface area contributed by atoms with Crippen LogP contribution in [0.2, 0.25) is 0 Å². The number of hydrogen-bond donors (Lipinski definition) is 1. The second-order valence-electron chi connectivity index (χ2n) is 6.40. The quantitative estimate of drug-likeness (QED) is 0.625. The molecular weight excluding hydrogens is 366 g/mol. The van der Waals surface area contributed by atoms with Crippen molar-refractivity contribution in [3.63, 3.8) is 0 Å². The number of anilines is 1. The molecule has 0 saturated carbocycles. The molecular formula is C23H27N3O3. The van der Waals surface area contributed by atoms with Crippen molar-refractivity contribution in [3.8, 4) is 17.6 Å². The number of nitrogens with zero attached hydrogens (tertiary/aromatic N) is 2. The highest BCUT2D eigenvalue weighted by atomic mass is 16.5. The van der Waals surface area contributed by atoms with Crippen LogP contribution in [0.25, 0.3) is 6.08 Å². The summed E-state index contributed by atoms with van der Waals surface area (Å²) in [7, 11) is 1.53. The van der Waals surface area contributed by atoms with Crippen LogP contribution in [0.15, 0.2) is 48.5 Å². The second-order valence-corrected chi connectivity index (χ2v) is 6.40. The van der Waals surface area contributed by atoms with Gasteiger partial charge >= 0.3 is 0 Å². The predicted octanol–water partition coefficient (Wildman–Crippen LogP) is 3.56. The third kappa shape index (κ3) is 6.89. The van der Waals surface area contributed by atoms with E-state index in [0.29, 0.717) is 18.0 Å². The number of methoxy groups -OCH3 is 1. The highest BCUT2D eigenvalue weighted by Gasteiger charge is 2.06. The number of carbonyl (C=O) groups excluding carboxylic acids is 1. The minimum absolute atomic E-state index is 0.0503. The summed E-state index contributed by atoms with van der Waals surface area (Å²) in [6.07, 6.45) is 3.21. The lowest BCUT2D eigenvalue weighted by atomic mass is 10.2. The summed E-state index contributed by atoms with van der Waals surface area (Å²) in [5.41, 5.74) is 3.17. The number of carbonyl (C=O) groups is 1. The Hall–Kier alpha value is -3.46. The minimum atomic E-state index is -0.158. The van der Waals surface area contributed by atoms with Crippen molar-refractivity contribution in [1.82, 2.24) is 5.32 Å². The van der Waals surface area contributed by atoms with Gasteiger partial charge in [-0.15, -0.1) is 0 Å². The Bertz CT molecular complexity index is 887. The average Bonchev–Trinajstić information content (AvgIpc) is 2.74. The van der Waals surface area contributed by atoms with Gasteiger partial charge in [-0.05, 0) is 55.3 Å². The van der Waals surface area contributed by atoms with Crippen molar-refractivity contribution in [3.05, 3.63) is 59.7 Å². The number of hydrogen-bond acceptors (Lipinski definition) is 5. The standard InChI is InChI=1S/C23H27N3O3/c1-4-26(20-7-5-6-18(2)16-20)14-13-25-23(27)11-9-19-8-10-21(29-15-12-24)22(17-19)28-3/h5-11,16-17H,4,13-15H2,1-3H3,(H,25,27)/b11-9+. The van der Waals surface area contributed by atoms with Crippen LogP contribution >= 0.6 is 0 Å². The largest absolute Gasteiger partial charge is 0.493 e. The lowest BCUT2D eigenvalue weighted by Crippen LogP contribution is -2.34. The van der Waals surface area contributed by atoms with Crippen molar-refractivity contribution >= 4 is 17.7 Å². The normalized spacial score (nSPS) is 10.4. The van der Waals surface area contributed by atoms with E-state index in [0.717, 1.165) is 24.3 Å². The first-order valence-electron chi connectivity index (χ1n) is 9.52. The monoisotopic (exact) mass is 393 g/mol. The number of ether oxygens (including phenoxy) is 2. The maximum atomic E-state index is 12.1. The Morgan fingerprint density at radius 2 is 2.07 bits per heavy atom. The molecule has 0 aliphatic carbocycles. The Kier molecular flexibility index (Phi) is 8.58. The summed E-state index contributed by atoms with van der Waals surface area (Å²) in [5.74, 6) is 0.847. The number of amides is 1. The lowest BCUT2D eigenvalue weighted by Gasteiger charge is -2.23. The molecule has 0 aromatic heterocycles. The molecule has 2 rings (SSSR count). The zero-order valence-corrected chi connectivity index (χ0v) is 17.1. The summed E-state index contributed by atoms with van der Waals surface area (Å²) < 4.78 is 10.6. The average molecular weight is 393 g/mol. The molecule has 0 fully saturated rings. The minimum Gasteiger partial charge on any atom is -0.493 e. The number of likely N-dealkylation sites (N-methyl/N-ethyl adjacent to an activating group) is 1. The van der Waals surface area contributed by atoms with Gasteiger partial charge in [0.15, 0.2) is 18.1 Å². The molecule has 2 aromatic rings. The van der Waals surface area contributed by atoms with E-state index in [2.05, 4.69) is 42.3 Å². The molecule has 0 aliphatic heterocycles. The number of nitriles is 1. The first-order chi connectivity index (χ1) is 14.1. The van der Waals surface area contributed by atoms with Gasteiger partial charge in [0.1, 0.15) is 6.07 Å². The molecule has 2 aromatic carbocycles. The molecule has 0 unspecified atom stereocenters. The smallest absolute Gasteiger partial charge is 0.244 e. The maximum Gasteiger partial charge on any atom is 0.244 e. The van der Waals surface area contributed by atoms with Crippen LogP contribution in [0.3, 0.4) is 0 Å². The Balaban J connectivity index is 1.88. The highest BCUT2D eigenvalue weighted by Crippen LogP contribution is 2.28. The van der Waals surface area contributed by atoms with Gasteiger partial charge in [0, 0.05) is 31.4 Å². The van der Waals surface area contributed by atoms with Gasteiger partial charge in [-0.25, -0.2) is 0 Å². The van der Waals surface area contributed by atoms with E-state index in [-0.39, 0.29) is 12.5 Å². The summed E-state index contributed by atoms with van der Waals surface area (Å²) in [5, 5.41) is 11.5. The van der Waals surface area contributed by atoms with Crippen LogP contribution in [0.4, 0.5) is 5.69 Å². The number of nitrogens with one attached hydrogen (secondary N) is 1. The van der Waals surface area contributed by atoms with Gasteiger partial charge in [0.2, 0.25) is 5.91 Å². The molecule has 0 aliphatic rings. The molecule has 6 heteroatoms. The molecule has 0 atom stereocenters. The third-order valence-electron chi connectivity index (χ3n) is 4.34. The van der Waals surface area contributed by atoms with E-state index >= 15 is 0 Å². The lowest BCUT2D eigenvalue weighted by molar-refractivity contribution is -0.116. The molecule has 0 bridgehead atoms. The van der Waals surface area contributed by atoms with Gasteiger partial charge in [-0.2, -0.15) is 5.26 Å². The molecule has 1 N–H and O–H groups in total. The van der Waals surface area contributed by atoms with Crippen LogP contribution in [0.1, 0.15) is 18.1 Å². The molecule has 0 saturated heterocycles. The Morgan fingerprint density at radius 1 is 1.24 bits per heavy atom. The Morgan fingerprint density at radius 3 is 2.76 bits per heavy atom. The van der Waals surface area contributed by atoms with Gasteiger partial charge in [-0.3, -0.25) is 4.79 Å². The summed E-state index contributed by atoms with van der Waals surface area (Å²) >= 11 is 0. The number of rotatable bonds is 10. The third-order valence-corrected chi connectivity index (χ3v) is 4.34. The van der Waals surface area contributed by atoms with E-state index < -0.39 is 0 Å². The predicted molar refractivity (Wildman–Crippen MR) is 115 cm³/mol. The number of benzene rings is 2. The van der Waals surface area contributed by atoms with Gasteiger partial charge in [0.25, 0.3) is 0 Å². The molecule has 0 radical (unpaired) electrons. The van der Waals surface area contributed by atoms with Gasteiger partial charge in [-0.1, -0.05) is 18.2 Å². The van der Waals surface area contributed by atoms with E-state index in [1.54, 1.807) is 24.3 Å². The van der Waals surface area contributed by atoms with E-state index in [9.17, 15) is 4.79 Å². The fourth-order valence-electron chi connectivity index (χ4n) is 2.86. The van der Waals surface area contributed by atoms with Crippen molar-refractivity contribution in [2.45, 2.75) is 13.8 Å². The summed E-state index contributed by atoms with van der Waals surface area (Å²) in [6, 6.07) is 15.5. The van der Waals surface area contributed by atoms with Crippen LogP contribution in [0.5, 0.6) is 11.5 Å². The van der Waals surface area contributed by atoms with E-state index in [1.165, 1.54) is 18.7 Å². The van der Waals surface area contributed by atoms with Crippen molar-refractivity contribution < 1.29 is 14.3 Å². The second kappa shape index (κ2) is 11.4. The fourth-order valence-corrected chi connectivity index (χ4v) is 2.86. The van der Waals surface area contributed by atoms with Crippen LogP contribution in [0, 0.1) is 18.3 Å². The van der Waals surface area contributed by atoms with Crippen LogP contribution < -0.4 is 19.7 Å². The zero-order valence-electron chi connectivity index (χ0n) is 17.1. The van der Waals surface area contributed by atoms with Gasteiger partial charge in [0.05, 0.1) is 7.11 Å². The molecule has 0 spiro atoms. The first-order valence-corrected chi connectivity index (χ1v) is 9.52. The summed E-state index contributed by atoms with van der Waals surface area (Å²) in [6.45, 7) is 6.27. The van der Waals surface area contributed by atoms with Crippen molar-refractivity contribution in [2.75, 3.05) is 38.3 Å². The topological polar surface area (TPSA) is 74.6 Å². The SMILES string of the molecule is CCN(CCNC(=O)/C=C/c1ccc(OCC#N)c(OC)c1)c1cccc(C)c1. The van der Waals surface area contributed by atoms with E-state index in [4.69, 9.17) is 14.7 Å². The zero-order chi connectivity index (χ0) is 21.1. The molecule has 0 heterocycles. The fraction of sp³-hybridized carbons (Fsp3) is 0.304. The van der Waals surface area contributed by atoms with Crippen LogP contribution in [-0.2, 0) is 4.79 Å². The van der Waals surface area contributed by atoms with E-state index in [1.807, 2.05) is 12.1 Å². The first kappa shape index (κ1) is 21.8. The van der Waals surface area contributed by atoms with Crippen LogP contribution in [-0.4, -0.2) is 39.3 Å². The highest BCUT2D eigenvalue weighted by molar-refractivity contribution is 5.91. The Labute approximate surface area is 172 Å². The number of aryl methyl sites for hydroxylation is 1. The molecule has 6 nitrogen and oxygen atoms in total. The van der Waals surface area contributed by atoms with Gasteiger partial charge < -0.3 is 19.7 Å². The maximum absolute atomic E-state index is 12.1. The molecule has 1 amide bonds. The molecule has 152 valence electrons. The van der Waals surface area contributed by atoms with Crippen molar-refractivity contribution in [1.29, 1.82) is 5.26 Å². The summed E-state index contributed by atoms with van der Waals surface area (Å²) in [4.78, 5) is 14.4. The van der Waals surface area contributed by atoms with Crippen molar-refractivity contribution in [2.24, 2.45) is 0 Å². The molecule has 29 heavy (non-hydrogen) atoms.